The third-order valence-corrected chi connectivity index (χ3v) is 7.97. The minimum absolute atomic E-state index is 0.168. The van der Waals surface area contributed by atoms with Gasteiger partial charge in [0.05, 0.1) is 4.90 Å². The van der Waals surface area contributed by atoms with E-state index in [1.54, 1.807) is 12.1 Å². The van der Waals surface area contributed by atoms with Crippen molar-refractivity contribution in [3.8, 4) is 0 Å². The van der Waals surface area contributed by atoms with Gasteiger partial charge in [0.1, 0.15) is 0 Å². The summed E-state index contributed by atoms with van der Waals surface area (Å²) in [6.45, 7) is 10.6. The Bertz CT molecular complexity index is 1030. The minimum Gasteiger partial charge on any atom is -0.372 e. The van der Waals surface area contributed by atoms with Crippen LogP contribution in [0, 0.1) is 6.92 Å². The van der Waals surface area contributed by atoms with Gasteiger partial charge in [-0.25, -0.2) is 8.42 Å². The van der Waals surface area contributed by atoms with Crippen LogP contribution < -0.4 is 10.2 Å². The lowest BCUT2D eigenvalue weighted by atomic mass is 10.1. The van der Waals surface area contributed by atoms with Crippen molar-refractivity contribution < 1.29 is 13.2 Å². The molecule has 1 fully saturated rings. The Kier molecular flexibility index (Phi) is 7.92. The van der Waals surface area contributed by atoms with Crippen LogP contribution in [0.15, 0.2) is 47.4 Å². The van der Waals surface area contributed by atoms with Gasteiger partial charge < -0.3 is 15.1 Å². The van der Waals surface area contributed by atoms with Crippen LogP contribution in [0.1, 0.15) is 35.3 Å². The maximum Gasteiger partial charge on any atom is 0.251 e. The zero-order valence-corrected chi connectivity index (χ0v) is 20.3. The van der Waals surface area contributed by atoms with Gasteiger partial charge in [0, 0.05) is 57.1 Å². The van der Waals surface area contributed by atoms with Gasteiger partial charge in [-0.3, -0.25) is 4.79 Å². The van der Waals surface area contributed by atoms with Crippen molar-refractivity contribution in [2.24, 2.45) is 0 Å². The van der Waals surface area contributed by atoms with Crippen molar-refractivity contribution >= 4 is 21.6 Å². The van der Waals surface area contributed by atoms with E-state index >= 15 is 0 Å². The average molecular weight is 459 g/mol. The lowest BCUT2D eigenvalue weighted by Crippen LogP contribution is -2.47. The van der Waals surface area contributed by atoms with Gasteiger partial charge in [-0.15, -0.1) is 0 Å². The average Bonchev–Trinajstić information content (AvgIpc) is 2.79. The standard InChI is InChI=1S/C24H34N4O3S/c1-5-27(6-2)21-10-8-20(9-11-21)18-25-24(29)23-17-22(12-7-19(23)3)32(30,31)28-15-13-26(4)14-16-28/h7-12,17H,5-6,13-16,18H2,1-4H3,(H,25,29). The number of benzene rings is 2. The van der Waals surface area contributed by atoms with E-state index in [1.165, 1.54) is 10.4 Å². The van der Waals surface area contributed by atoms with E-state index in [0.29, 0.717) is 38.3 Å². The first kappa shape index (κ1) is 24.2. The largest absolute Gasteiger partial charge is 0.372 e. The van der Waals surface area contributed by atoms with Crippen molar-refractivity contribution in [3.05, 3.63) is 59.2 Å². The van der Waals surface area contributed by atoms with Gasteiger partial charge >= 0.3 is 0 Å². The molecule has 7 nitrogen and oxygen atoms in total. The zero-order valence-electron chi connectivity index (χ0n) is 19.5. The SMILES string of the molecule is CCN(CC)c1ccc(CNC(=O)c2cc(S(=O)(=O)N3CCN(C)CC3)ccc2C)cc1. The molecule has 0 radical (unpaired) electrons. The molecule has 1 aliphatic rings. The van der Waals surface area contributed by atoms with Crippen molar-refractivity contribution in [1.29, 1.82) is 0 Å². The Morgan fingerprint density at radius 1 is 1.00 bits per heavy atom. The molecule has 0 saturated carbocycles. The Morgan fingerprint density at radius 3 is 2.22 bits per heavy atom. The normalized spacial score (nSPS) is 15.5. The van der Waals surface area contributed by atoms with Gasteiger partial charge in [-0.1, -0.05) is 18.2 Å². The fourth-order valence-electron chi connectivity index (χ4n) is 3.87. The van der Waals surface area contributed by atoms with Gasteiger partial charge in [0.15, 0.2) is 0 Å². The smallest absolute Gasteiger partial charge is 0.251 e. The number of nitrogens with one attached hydrogen (secondary N) is 1. The Hall–Kier alpha value is -2.42. The van der Waals surface area contributed by atoms with Gasteiger partial charge in [0.25, 0.3) is 5.91 Å². The van der Waals surface area contributed by atoms with Crippen LogP contribution in [0.5, 0.6) is 0 Å². The summed E-state index contributed by atoms with van der Waals surface area (Å²) in [6, 6.07) is 12.9. The van der Waals surface area contributed by atoms with Crippen molar-refractivity contribution in [2.75, 3.05) is 51.2 Å². The molecule has 1 N–H and O–H groups in total. The first-order chi connectivity index (χ1) is 15.3. The van der Waals surface area contributed by atoms with Gasteiger partial charge in [-0.2, -0.15) is 4.31 Å². The Balaban J connectivity index is 1.70. The number of hydrogen-bond acceptors (Lipinski definition) is 5. The quantitative estimate of drug-likeness (QED) is 0.659. The van der Waals surface area contributed by atoms with Gasteiger partial charge in [0.2, 0.25) is 10.0 Å². The van der Waals surface area contributed by atoms with Gasteiger partial charge in [-0.05, 0) is 63.2 Å². The molecule has 32 heavy (non-hydrogen) atoms. The Morgan fingerprint density at radius 2 is 1.62 bits per heavy atom. The number of piperazine rings is 1. The molecule has 174 valence electrons. The minimum atomic E-state index is -3.62. The van der Waals surface area contributed by atoms with Crippen LogP contribution in [0.2, 0.25) is 0 Å². The van der Waals surface area contributed by atoms with E-state index in [4.69, 9.17) is 0 Å². The molecule has 3 rings (SSSR count). The predicted octanol–water partition coefficient (Wildman–Crippen LogP) is 2.71. The number of sulfonamides is 1. The molecule has 2 aromatic carbocycles. The molecule has 1 saturated heterocycles. The number of rotatable bonds is 8. The molecule has 2 aromatic rings. The summed E-state index contributed by atoms with van der Waals surface area (Å²) in [5.41, 5.74) is 3.28. The summed E-state index contributed by atoms with van der Waals surface area (Å²) in [7, 11) is -1.64. The molecular weight excluding hydrogens is 424 g/mol. The maximum atomic E-state index is 13.1. The fourth-order valence-corrected chi connectivity index (χ4v) is 5.32. The number of carbonyl (C=O) groups is 1. The summed E-state index contributed by atoms with van der Waals surface area (Å²) in [4.78, 5) is 17.4. The van der Waals surface area contributed by atoms with Crippen LogP contribution in [0.3, 0.4) is 0 Å². The first-order valence-corrected chi connectivity index (χ1v) is 12.6. The third kappa shape index (κ3) is 5.49. The highest BCUT2D eigenvalue weighted by molar-refractivity contribution is 7.89. The second-order valence-corrected chi connectivity index (χ2v) is 10.1. The lowest BCUT2D eigenvalue weighted by Gasteiger charge is -2.31. The molecule has 8 heteroatoms. The molecule has 1 heterocycles. The molecule has 0 aliphatic carbocycles. The third-order valence-electron chi connectivity index (χ3n) is 6.07. The first-order valence-electron chi connectivity index (χ1n) is 11.2. The second kappa shape index (κ2) is 10.5. The van der Waals surface area contributed by atoms with E-state index in [9.17, 15) is 13.2 Å². The number of carbonyl (C=O) groups excluding carboxylic acids is 1. The molecule has 0 unspecified atom stereocenters. The van der Waals surface area contributed by atoms with E-state index in [2.05, 4.69) is 41.1 Å². The number of amides is 1. The monoisotopic (exact) mass is 458 g/mol. The van der Waals surface area contributed by atoms with E-state index in [1.807, 2.05) is 26.1 Å². The summed E-state index contributed by atoms with van der Waals surface area (Å²) in [6.07, 6.45) is 0. The predicted molar refractivity (Wildman–Crippen MR) is 129 cm³/mol. The number of nitrogens with zero attached hydrogens (tertiary/aromatic N) is 3. The van der Waals surface area contributed by atoms with Crippen LogP contribution in [-0.4, -0.2) is 69.8 Å². The summed E-state index contributed by atoms with van der Waals surface area (Å²) in [5, 5.41) is 2.93. The second-order valence-electron chi connectivity index (χ2n) is 8.21. The van der Waals surface area contributed by atoms with E-state index in [0.717, 1.165) is 29.9 Å². The molecule has 0 aromatic heterocycles. The molecule has 0 bridgehead atoms. The highest BCUT2D eigenvalue weighted by Gasteiger charge is 2.28. The highest BCUT2D eigenvalue weighted by Crippen LogP contribution is 2.21. The van der Waals surface area contributed by atoms with Crippen LogP contribution in [0.25, 0.3) is 0 Å². The lowest BCUT2D eigenvalue weighted by molar-refractivity contribution is 0.0950. The number of aryl methyl sites for hydroxylation is 1. The number of likely N-dealkylation sites (N-methyl/N-ethyl adjacent to an activating group) is 1. The zero-order chi connectivity index (χ0) is 23.3. The summed E-state index contributed by atoms with van der Waals surface area (Å²) < 4.78 is 27.6. The summed E-state index contributed by atoms with van der Waals surface area (Å²) >= 11 is 0. The molecule has 0 spiro atoms. The molecule has 1 amide bonds. The van der Waals surface area contributed by atoms with Crippen LogP contribution in [0.4, 0.5) is 5.69 Å². The Labute approximate surface area is 192 Å². The van der Waals surface area contributed by atoms with Crippen molar-refractivity contribution in [1.82, 2.24) is 14.5 Å². The highest BCUT2D eigenvalue weighted by atomic mass is 32.2. The topological polar surface area (TPSA) is 73.0 Å². The van der Waals surface area contributed by atoms with Crippen molar-refractivity contribution in [3.63, 3.8) is 0 Å². The molecule has 1 aliphatic heterocycles. The van der Waals surface area contributed by atoms with Crippen LogP contribution >= 0.6 is 0 Å². The van der Waals surface area contributed by atoms with E-state index < -0.39 is 10.0 Å². The van der Waals surface area contributed by atoms with Crippen molar-refractivity contribution in [2.45, 2.75) is 32.2 Å². The van der Waals surface area contributed by atoms with Crippen LogP contribution in [-0.2, 0) is 16.6 Å². The molecular formula is C24H34N4O3S. The fraction of sp³-hybridized carbons (Fsp3) is 0.458. The maximum absolute atomic E-state index is 13.1. The molecule has 0 atom stereocenters. The number of anilines is 1. The number of hydrogen-bond donors (Lipinski definition) is 1. The summed E-state index contributed by atoms with van der Waals surface area (Å²) in [5.74, 6) is -0.272. The van der Waals surface area contributed by atoms with E-state index in [-0.39, 0.29) is 10.8 Å².